The standard InChI is InChI=1S/C14H22N2O2/c1-5-18-13-8-6-12(7-9-13)10-16(4)14(17)11(2)15-3/h6-9,11,15H,5,10H2,1-4H3. The third-order valence-electron chi connectivity index (χ3n) is 2.83. The molecule has 18 heavy (non-hydrogen) atoms. The van der Waals surface area contributed by atoms with E-state index in [1.807, 2.05) is 45.2 Å². The van der Waals surface area contributed by atoms with Crippen LogP contribution in [0, 0.1) is 0 Å². The second-order valence-corrected chi connectivity index (χ2v) is 4.28. The fourth-order valence-electron chi connectivity index (χ4n) is 1.66. The van der Waals surface area contributed by atoms with Crippen molar-refractivity contribution in [3.8, 4) is 5.75 Å². The fraction of sp³-hybridized carbons (Fsp3) is 0.500. The van der Waals surface area contributed by atoms with Crippen LogP contribution in [0.5, 0.6) is 5.75 Å². The zero-order chi connectivity index (χ0) is 13.5. The number of carbonyl (C=O) groups excluding carboxylic acids is 1. The van der Waals surface area contributed by atoms with Crippen molar-refractivity contribution in [1.29, 1.82) is 0 Å². The summed E-state index contributed by atoms with van der Waals surface area (Å²) in [6.07, 6.45) is 0. The summed E-state index contributed by atoms with van der Waals surface area (Å²) < 4.78 is 5.38. The van der Waals surface area contributed by atoms with E-state index in [4.69, 9.17) is 4.74 Å². The van der Waals surface area contributed by atoms with Gasteiger partial charge in [-0.1, -0.05) is 12.1 Å². The molecule has 1 atom stereocenters. The van der Waals surface area contributed by atoms with Gasteiger partial charge in [-0.3, -0.25) is 4.79 Å². The number of nitrogens with one attached hydrogen (secondary N) is 1. The van der Waals surface area contributed by atoms with Crippen LogP contribution in [0.2, 0.25) is 0 Å². The summed E-state index contributed by atoms with van der Waals surface area (Å²) >= 11 is 0. The predicted molar refractivity (Wildman–Crippen MR) is 72.6 cm³/mol. The highest BCUT2D eigenvalue weighted by Gasteiger charge is 2.15. The molecular formula is C14H22N2O2. The van der Waals surface area contributed by atoms with Crippen LogP contribution in [0.1, 0.15) is 19.4 Å². The van der Waals surface area contributed by atoms with Gasteiger partial charge in [-0.15, -0.1) is 0 Å². The molecule has 1 N–H and O–H groups in total. The first-order valence-corrected chi connectivity index (χ1v) is 6.22. The average molecular weight is 250 g/mol. The minimum absolute atomic E-state index is 0.0892. The third kappa shape index (κ3) is 4.04. The van der Waals surface area contributed by atoms with Crippen molar-refractivity contribution in [2.45, 2.75) is 26.4 Å². The van der Waals surface area contributed by atoms with Crippen molar-refractivity contribution in [2.24, 2.45) is 0 Å². The Hall–Kier alpha value is -1.55. The Morgan fingerprint density at radius 1 is 1.39 bits per heavy atom. The second kappa shape index (κ2) is 7.01. The van der Waals surface area contributed by atoms with Crippen LogP contribution in [0.15, 0.2) is 24.3 Å². The summed E-state index contributed by atoms with van der Waals surface area (Å²) in [6, 6.07) is 7.67. The van der Waals surface area contributed by atoms with Crippen molar-refractivity contribution in [3.05, 3.63) is 29.8 Å². The Morgan fingerprint density at radius 3 is 2.50 bits per heavy atom. The molecule has 0 spiro atoms. The summed E-state index contributed by atoms with van der Waals surface area (Å²) in [6.45, 7) is 5.09. The molecule has 0 fully saturated rings. The Morgan fingerprint density at radius 2 is 2.00 bits per heavy atom. The average Bonchev–Trinajstić information content (AvgIpc) is 2.39. The molecule has 0 bridgehead atoms. The van der Waals surface area contributed by atoms with E-state index < -0.39 is 0 Å². The van der Waals surface area contributed by atoms with Gasteiger partial charge in [-0.2, -0.15) is 0 Å². The van der Waals surface area contributed by atoms with E-state index in [9.17, 15) is 4.79 Å². The summed E-state index contributed by atoms with van der Waals surface area (Å²) in [5, 5.41) is 2.95. The summed E-state index contributed by atoms with van der Waals surface area (Å²) in [5.74, 6) is 0.949. The molecule has 4 nitrogen and oxygen atoms in total. The molecule has 0 aromatic heterocycles. The first kappa shape index (κ1) is 14.5. The first-order valence-electron chi connectivity index (χ1n) is 6.22. The number of ether oxygens (including phenoxy) is 1. The Balaban J connectivity index is 2.59. The van der Waals surface area contributed by atoms with E-state index in [1.54, 1.807) is 11.9 Å². The molecule has 0 saturated heterocycles. The minimum Gasteiger partial charge on any atom is -0.494 e. The van der Waals surface area contributed by atoms with E-state index in [0.717, 1.165) is 11.3 Å². The lowest BCUT2D eigenvalue weighted by atomic mass is 10.2. The normalized spacial score (nSPS) is 12.0. The number of likely N-dealkylation sites (N-methyl/N-ethyl adjacent to an activating group) is 2. The van der Waals surface area contributed by atoms with Gasteiger partial charge in [0, 0.05) is 13.6 Å². The highest BCUT2D eigenvalue weighted by Crippen LogP contribution is 2.13. The molecule has 100 valence electrons. The highest BCUT2D eigenvalue weighted by molar-refractivity contribution is 5.81. The van der Waals surface area contributed by atoms with Gasteiger partial charge >= 0.3 is 0 Å². The van der Waals surface area contributed by atoms with E-state index >= 15 is 0 Å². The maximum Gasteiger partial charge on any atom is 0.239 e. The van der Waals surface area contributed by atoms with Gasteiger partial charge < -0.3 is 15.0 Å². The fourth-order valence-corrected chi connectivity index (χ4v) is 1.66. The zero-order valence-electron chi connectivity index (χ0n) is 11.6. The molecule has 0 aliphatic heterocycles. The summed E-state index contributed by atoms with van der Waals surface area (Å²) in [4.78, 5) is 13.6. The molecule has 1 unspecified atom stereocenters. The monoisotopic (exact) mass is 250 g/mol. The van der Waals surface area contributed by atoms with Crippen molar-refractivity contribution >= 4 is 5.91 Å². The quantitative estimate of drug-likeness (QED) is 0.834. The van der Waals surface area contributed by atoms with Crippen molar-refractivity contribution in [1.82, 2.24) is 10.2 Å². The number of hydrogen-bond donors (Lipinski definition) is 1. The van der Waals surface area contributed by atoms with E-state index in [2.05, 4.69) is 5.32 Å². The third-order valence-corrected chi connectivity index (χ3v) is 2.83. The minimum atomic E-state index is -0.155. The van der Waals surface area contributed by atoms with Crippen molar-refractivity contribution < 1.29 is 9.53 Å². The van der Waals surface area contributed by atoms with E-state index in [-0.39, 0.29) is 11.9 Å². The molecule has 1 rings (SSSR count). The number of carbonyl (C=O) groups is 1. The molecule has 4 heteroatoms. The maximum atomic E-state index is 11.9. The van der Waals surface area contributed by atoms with Crippen LogP contribution in [0.4, 0.5) is 0 Å². The first-order chi connectivity index (χ1) is 8.58. The molecule has 0 saturated carbocycles. The summed E-state index contributed by atoms with van der Waals surface area (Å²) in [5.41, 5.74) is 1.10. The van der Waals surface area contributed by atoms with E-state index in [0.29, 0.717) is 13.2 Å². The van der Waals surface area contributed by atoms with Gasteiger partial charge in [0.2, 0.25) is 5.91 Å². The highest BCUT2D eigenvalue weighted by atomic mass is 16.5. The van der Waals surface area contributed by atoms with Gasteiger partial charge in [0.05, 0.1) is 12.6 Å². The number of rotatable bonds is 6. The largest absolute Gasteiger partial charge is 0.494 e. The SMILES string of the molecule is CCOc1ccc(CN(C)C(=O)C(C)NC)cc1. The number of amides is 1. The summed E-state index contributed by atoms with van der Waals surface area (Å²) in [7, 11) is 3.60. The van der Waals surface area contributed by atoms with Crippen LogP contribution in [-0.2, 0) is 11.3 Å². The maximum absolute atomic E-state index is 11.9. The Bertz CT molecular complexity index is 376. The lowest BCUT2D eigenvalue weighted by Gasteiger charge is -2.21. The molecule has 1 aromatic carbocycles. The Labute approximate surface area is 109 Å². The van der Waals surface area contributed by atoms with Crippen molar-refractivity contribution in [3.63, 3.8) is 0 Å². The lowest BCUT2D eigenvalue weighted by molar-refractivity contribution is -0.132. The molecule has 0 heterocycles. The molecule has 0 aliphatic rings. The van der Waals surface area contributed by atoms with E-state index in [1.165, 1.54) is 0 Å². The Kier molecular flexibility index (Phi) is 5.65. The van der Waals surface area contributed by atoms with Crippen LogP contribution in [0.25, 0.3) is 0 Å². The molecular weight excluding hydrogens is 228 g/mol. The number of hydrogen-bond acceptors (Lipinski definition) is 3. The van der Waals surface area contributed by atoms with Gasteiger partial charge in [0.25, 0.3) is 0 Å². The molecule has 0 aliphatic carbocycles. The molecule has 0 radical (unpaired) electrons. The van der Waals surface area contributed by atoms with Crippen LogP contribution in [-0.4, -0.2) is 37.6 Å². The number of benzene rings is 1. The van der Waals surface area contributed by atoms with Crippen LogP contribution >= 0.6 is 0 Å². The van der Waals surface area contributed by atoms with Gasteiger partial charge in [0.15, 0.2) is 0 Å². The smallest absolute Gasteiger partial charge is 0.239 e. The predicted octanol–water partition coefficient (Wildman–Crippen LogP) is 1.65. The number of nitrogens with zero attached hydrogens (tertiary/aromatic N) is 1. The van der Waals surface area contributed by atoms with Crippen LogP contribution < -0.4 is 10.1 Å². The second-order valence-electron chi connectivity index (χ2n) is 4.28. The topological polar surface area (TPSA) is 41.6 Å². The van der Waals surface area contributed by atoms with Gasteiger partial charge in [-0.25, -0.2) is 0 Å². The molecule has 1 aromatic rings. The van der Waals surface area contributed by atoms with Gasteiger partial charge in [0.1, 0.15) is 5.75 Å². The van der Waals surface area contributed by atoms with Crippen LogP contribution in [0.3, 0.4) is 0 Å². The van der Waals surface area contributed by atoms with Crippen molar-refractivity contribution in [2.75, 3.05) is 20.7 Å². The van der Waals surface area contributed by atoms with Gasteiger partial charge in [-0.05, 0) is 38.6 Å². The zero-order valence-corrected chi connectivity index (χ0v) is 11.6. The molecule has 1 amide bonds. The lowest BCUT2D eigenvalue weighted by Crippen LogP contribution is -2.41.